The largest absolute Gasteiger partial charge is 0.393 e. The zero-order valence-electron chi connectivity index (χ0n) is 11.1. The van der Waals surface area contributed by atoms with Crippen LogP contribution in [0.2, 0.25) is 0 Å². The Morgan fingerprint density at radius 2 is 2.11 bits per heavy atom. The van der Waals surface area contributed by atoms with Gasteiger partial charge in [-0.05, 0) is 38.8 Å². The summed E-state index contributed by atoms with van der Waals surface area (Å²) in [6, 6.07) is 7.46. The van der Waals surface area contributed by atoms with Crippen LogP contribution in [0.5, 0.6) is 0 Å². The number of benzene rings is 1. The number of hydrogen-bond donors (Lipinski definition) is 3. The van der Waals surface area contributed by atoms with Crippen molar-refractivity contribution >= 4 is 11.6 Å². The molecule has 4 nitrogen and oxygen atoms in total. The molecule has 0 aliphatic rings. The molecule has 0 radical (unpaired) electrons. The van der Waals surface area contributed by atoms with E-state index < -0.39 is 0 Å². The van der Waals surface area contributed by atoms with E-state index in [4.69, 9.17) is 5.11 Å². The molecule has 0 aliphatic carbocycles. The van der Waals surface area contributed by atoms with Gasteiger partial charge in [0.05, 0.1) is 11.7 Å². The van der Waals surface area contributed by atoms with Crippen LogP contribution >= 0.6 is 0 Å². The van der Waals surface area contributed by atoms with Gasteiger partial charge < -0.3 is 15.7 Å². The third kappa shape index (κ3) is 4.75. The van der Waals surface area contributed by atoms with Crippen LogP contribution in [0, 0.1) is 0 Å². The highest BCUT2D eigenvalue weighted by Crippen LogP contribution is 2.14. The van der Waals surface area contributed by atoms with Gasteiger partial charge in [-0.3, -0.25) is 4.79 Å². The highest BCUT2D eigenvalue weighted by atomic mass is 16.3. The van der Waals surface area contributed by atoms with E-state index >= 15 is 0 Å². The summed E-state index contributed by atoms with van der Waals surface area (Å²) in [5.41, 5.74) is 1.52. The molecule has 1 aromatic rings. The molecule has 3 N–H and O–H groups in total. The van der Waals surface area contributed by atoms with Gasteiger partial charge in [0, 0.05) is 18.8 Å². The van der Waals surface area contributed by atoms with Crippen molar-refractivity contribution in [1.82, 2.24) is 5.32 Å². The minimum Gasteiger partial charge on any atom is -0.393 e. The van der Waals surface area contributed by atoms with Gasteiger partial charge >= 0.3 is 0 Å². The minimum atomic E-state index is -0.309. The van der Waals surface area contributed by atoms with Crippen molar-refractivity contribution in [2.75, 3.05) is 18.4 Å². The smallest absolute Gasteiger partial charge is 0.253 e. The third-order valence-corrected chi connectivity index (χ3v) is 2.62. The van der Waals surface area contributed by atoms with Crippen LogP contribution in [0.1, 0.15) is 37.0 Å². The van der Waals surface area contributed by atoms with Crippen molar-refractivity contribution in [2.45, 2.75) is 32.8 Å². The van der Waals surface area contributed by atoms with Crippen molar-refractivity contribution in [3.63, 3.8) is 0 Å². The molecule has 18 heavy (non-hydrogen) atoms. The van der Waals surface area contributed by atoms with Crippen LogP contribution < -0.4 is 10.6 Å². The van der Waals surface area contributed by atoms with Crippen LogP contribution in [0.3, 0.4) is 0 Å². The summed E-state index contributed by atoms with van der Waals surface area (Å²) >= 11 is 0. The number of anilines is 1. The summed E-state index contributed by atoms with van der Waals surface area (Å²) < 4.78 is 0. The van der Waals surface area contributed by atoms with Gasteiger partial charge in [-0.25, -0.2) is 0 Å². The van der Waals surface area contributed by atoms with Gasteiger partial charge in [0.25, 0.3) is 5.91 Å². The normalized spacial score (nSPS) is 11.9. The molecule has 1 amide bonds. The number of carbonyl (C=O) groups excluding carboxylic acids is 1. The van der Waals surface area contributed by atoms with Crippen LogP contribution in [0.4, 0.5) is 5.69 Å². The number of nitrogens with one attached hydrogen (secondary N) is 2. The second kappa shape index (κ2) is 7.71. The quantitative estimate of drug-likeness (QED) is 0.649. The van der Waals surface area contributed by atoms with Gasteiger partial charge in [-0.1, -0.05) is 12.1 Å². The van der Waals surface area contributed by atoms with Crippen LogP contribution in [0.25, 0.3) is 0 Å². The topological polar surface area (TPSA) is 61.4 Å². The predicted molar refractivity (Wildman–Crippen MR) is 73.9 cm³/mol. The summed E-state index contributed by atoms with van der Waals surface area (Å²) in [4.78, 5) is 12.0. The van der Waals surface area contributed by atoms with Gasteiger partial charge in [-0.15, -0.1) is 0 Å². The summed E-state index contributed by atoms with van der Waals surface area (Å²) in [5.74, 6) is -0.0721. The Morgan fingerprint density at radius 3 is 2.78 bits per heavy atom. The maximum Gasteiger partial charge on any atom is 0.253 e. The fourth-order valence-corrected chi connectivity index (χ4v) is 1.72. The minimum absolute atomic E-state index is 0.0721. The summed E-state index contributed by atoms with van der Waals surface area (Å²) in [6.07, 6.45) is 1.18. The van der Waals surface area contributed by atoms with Crippen molar-refractivity contribution in [3.8, 4) is 0 Å². The summed E-state index contributed by atoms with van der Waals surface area (Å²) in [5, 5.41) is 15.2. The molecule has 1 rings (SSSR count). The zero-order valence-corrected chi connectivity index (χ0v) is 11.1. The number of carbonyl (C=O) groups is 1. The Hall–Kier alpha value is -1.55. The number of para-hydroxylation sites is 1. The van der Waals surface area contributed by atoms with E-state index in [0.717, 1.165) is 18.7 Å². The molecule has 0 bridgehead atoms. The zero-order chi connectivity index (χ0) is 13.4. The fraction of sp³-hybridized carbons (Fsp3) is 0.500. The molecule has 0 saturated heterocycles. The third-order valence-electron chi connectivity index (χ3n) is 2.62. The first-order chi connectivity index (χ1) is 8.65. The maximum absolute atomic E-state index is 12.0. The first-order valence-corrected chi connectivity index (χ1v) is 6.44. The van der Waals surface area contributed by atoms with E-state index in [2.05, 4.69) is 10.6 Å². The first-order valence-electron chi connectivity index (χ1n) is 6.44. The molecule has 0 heterocycles. The molecule has 0 saturated carbocycles. The number of aliphatic hydroxyl groups excluding tert-OH is 1. The molecule has 0 aromatic heterocycles. The van der Waals surface area contributed by atoms with Crippen molar-refractivity contribution in [1.29, 1.82) is 0 Å². The standard InChI is InChI=1S/C14H22N2O2/c1-3-15-13-9-5-4-8-12(13)14(18)16-10-6-7-11(2)17/h4-5,8-9,11,15,17H,3,6-7,10H2,1-2H3,(H,16,18). The molecule has 0 fully saturated rings. The highest BCUT2D eigenvalue weighted by molar-refractivity contribution is 5.99. The average Bonchev–Trinajstić information content (AvgIpc) is 2.35. The SMILES string of the molecule is CCNc1ccccc1C(=O)NCCCC(C)O. The Bertz CT molecular complexity index is 378. The van der Waals surface area contributed by atoms with Gasteiger partial charge in [0.2, 0.25) is 0 Å². The molecule has 4 heteroatoms. The van der Waals surface area contributed by atoms with Crippen molar-refractivity contribution in [2.24, 2.45) is 0 Å². The monoisotopic (exact) mass is 250 g/mol. The number of amides is 1. The Labute approximate surface area is 108 Å². The lowest BCUT2D eigenvalue weighted by Gasteiger charge is -2.11. The van der Waals surface area contributed by atoms with Crippen LogP contribution in [-0.2, 0) is 0 Å². The molecule has 1 aromatic carbocycles. The summed E-state index contributed by atoms with van der Waals surface area (Å²) in [6.45, 7) is 5.12. The molecule has 1 unspecified atom stereocenters. The molecule has 0 aliphatic heterocycles. The number of hydrogen-bond acceptors (Lipinski definition) is 3. The van der Waals surface area contributed by atoms with E-state index in [1.165, 1.54) is 0 Å². The van der Waals surface area contributed by atoms with Crippen LogP contribution in [0.15, 0.2) is 24.3 Å². The Morgan fingerprint density at radius 1 is 1.39 bits per heavy atom. The molecule has 100 valence electrons. The van der Waals surface area contributed by atoms with Crippen LogP contribution in [-0.4, -0.2) is 30.2 Å². The van der Waals surface area contributed by atoms with E-state index in [1.54, 1.807) is 6.92 Å². The molecule has 0 spiro atoms. The number of aliphatic hydroxyl groups is 1. The van der Waals surface area contributed by atoms with Gasteiger partial charge in [0.1, 0.15) is 0 Å². The fourth-order valence-electron chi connectivity index (χ4n) is 1.72. The van der Waals surface area contributed by atoms with E-state index in [-0.39, 0.29) is 12.0 Å². The lowest BCUT2D eigenvalue weighted by Crippen LogP contribution is -2.26. The number of rotatable bonds is 7. The van der Waals surface area contributed by atoms with E-state index in [1.807, 2.05) is 31.2 Å². The average molecular weight is 250 g/mol. The first kappa shape index (κ1) is 14.5. The van der Waals surface area contributed by atoms with E-state index in [9.17, 15) is 4.79 Å². The highest BCUT2D eigenvalue weighted by Gasteiger charge is 2.09. The van der Waals surface area contributed by atoms with Crippen molar-refractivity contribution in [3.05, 3.63) is 29.8 Å². The lowest BCUT2D eigenvalue weighted by molar-refractivity contribution is 0.0950. The van der Waals surface area contributed by atoms with Gasteiger partial charge in [0.15, 0.2) is 0 Å². The van der Waals surface area contributed by atoms with E-state index in [0.29, 0.717) is 18.5 Å². The Kier molecular flexibility index (Phi) is 6.22. The molecular formula is C14H22N2O2. The Balaban J connectivity index is 2.50. The second-order valence-corrected chi connectivity index (χ2v) is 4.32. The molecule has 1 atom stereocenters. The maximum atomic E-state index is 12.0. The van der Waals surface area contributed by atoms with Gasteiger partial charge in [-0.2, -0.15) is 0 Å². The lowest BCUT2D eigenvalue weighted by atomic mass is 10.1. The second-order valence-electron chi connectivity index (χ2n) is 4.32. The summed E-state index contributed by atoms with van der Waals surface area (Å²) in [7, 11) is 0. The predicted octanol–water partition coefficient (Wildman–Crippen LogP) is 2.01. The molecular weight excluding hydrogens is 228 g/mol. The van der Waals surface area contributed by atoms with Crippen molar-refractivity contribution < 1.29 is 9.90 Å².